The molecule has 0 fully saturated rings. The van der Waals surface area contributed by atoms with Gasteiger partial charge in [0.2, 0.25) is 0 Å². The lowest BCUT2D eigenvalue weighted by molar-refractivity contribution is -0.161. The maximum atomic E-state index is 12.6. The molecule has 62 heavy (non-hydrogen) atoms. The van der Waals surface area contributed by atoms with Gasteiger partial charge in [0.1, 0.15) is 12.7 Å². The molecule has 0 aromatic rings. The standard InChI is InChI=1S/C46H76O14P2/c1-3-5-7-8-9-10-11-12-13-14-15-16-19-23-26-29-33-37-46(50)60-44(41-59-62(54,55)58-39-43(48)38-57-61(51,52)53)40-56-45(49)36-32-28-25-22-20-17-18-21-24-27-31-35-42(47)34-30-6-4-2/h12-13,15-18,22-27,31,35,43-44,48H,3-11,14,19-21,28-30,32-34,36-41H2,1-2H3,(H,54,55)(H2,51,52,53)/b13-12-,16-15-,18-17-,25-22-,26-23-,27-24-,35-31+/t43-,44+/m0/s1. The van der Waals surface area contributed by atoms with Crippen LogP contribution in [0.4, 0.5) is 0 Å². The second kappa shape index (κ2) is 40.7. The summed E-state index contributed by atoms with van der Waals surface area (Å²) in [6.45, 7) is 1.44. The van der Waals surface area contributed by atoms with Crippen molar-refractivity contribution in [1.82, 2.24) is 0 Å². The quantitative estimate of drug-likeness (QED) is 0.0112. The van der Waals surface area contributed by atoms with Gasteiger partial charge in [-0.2, -0.15) is 0 Å². The smallest absolute Gasteiger partial charge is 0.462 e. The fraction of sp³-hybridized carbons (Fsp3) is 0.630. The van der Waals surface area contributed by atoms with Crippen LogP contribution in [0.5, 0.6) is 0 Å². The lowest BCUT2D eigenvalue weighted by Crippen LogP contribution is -2.29. The van der Waals surface area contributed by atoms with Crippen LogP contribution in [0.3, 0.4) is 0 Å². The van der Waals surface area contributed by atoms with Crippen LogP contribution in [0.2, 0.25) is 0 Å². The zero-order valence-corrected chi connectivity index (χ0v) is 39.0. The van der Waals surface area contributed by atoms with E-state index in [1.165, 1.54) is 38.5 Å². The largest absolute Gasteiger partial charge is 0.472 e. The van der Waals surface area contributed by atoms with Gasteiger partial charge in [-0.05, 0) is 76.7 Å². The number of carbonyl (C=O) groups excluding carboxylic acids is 3. The van der Waals surface area contributed by atoms with Gasteiger partial charge in [-0.15, -0.1) is 0 Å². The maximum absolute atomic E-state index is 12.6. The summed E-state index contributed by atoms with van der Waals surface area (Å²) in [6, 6.07) is 0. The van der Waals surface area contributed by atoms with Crippen LogP contribution >= 0.6 is 15.6 Å². The Labute approximate surface area is 371 Å². The van der Waals surface area contributed by atoms with Crippen molar-refractivity contribution in [2.45, 2.75) is 161 Å². The number of phosphoric ester groups is 2. The Bertz CT molecular complexity index is 1480. The van der Waals surface area contributed by atoms with Crippen molar-refractivity contribution in [2.24, 2.45) is 0 Å². The van der Waals surface area contributed by atoms with E-state index < -0.39 is 66.2 Å². The first kappa shape index (κ1) is 59.0. The average Bonchev–Trinajstić information content (AvgIpc) is 3.23. The van der Waals surface area contributed by atoms with Gasteiger partial charge in [-0.25, -0.2) is 9.13 Å². The number of carbonyl (C=O) groups is 3. The molecule has 0 aliphatic rings. The van der Waals surface area contributed by atoms with Crippen LogP contribution in [0.1, 0.15) is 149 Å². The van der Waals surface area contributed by atoms with Gasteiger partial charge in [0.15, 0.2) is 11.9 Å². The van der Waals surface area contributed by atoms with Crippen molar-refractivity contribution >= 4 is 33.4 Å². The highest BCUT2D eigenvalue weighted by atomic mass is 31.2. The molecule has 0 bridgehead atoms. The second-order valence-corrected chi connectivity index (χ2v) is 17.3. The molecule has 0 aliphatic carbocycles. The number of ether oxygens (including phenoxy) is 2. The summed E-state index contributed by atoms with van der Waals surface area (Å²) in [4.78, 5) is 64.4. The molecule has 0 aliphatic heterocycles. The highest BCUT2D eigenvalue weighted by Crippen LogP contribution is 2.43. The van der Waals surface area contributed by atoms with Gasteiger partial charge in [0.05, 0.1) is 19.8 Å². The summed E-state index contributed by atoms with van der Waals surface area (Å²) < 4.78 is 47.6. The number of aliphatic hydroxyl groups excluding tert-OH is 1. The van der Waals surface area contributed by atoms with Crippen LogP contribution in [-0.2, 0) is 46.6 Å². The maximum Gasteiger partial charge on any atom is 0.472 e. The Hall–Kier alpha value is -3.03. The van der Waals surface area contributed by atoms with E-state index in [0.29, 0.717) is 32.1 Å². The number of phosphoric acid groups is 2. The van der Waals surface area contributed by atoms with E-state index in [1.54, 1.807) is 12.2 Å². The van der Waals surface area contributed by atoms with Crippen molar-refractivity contribution in [1.29, 1.82) is 0 Å². The van der Waals surface area contributed by atoms with Gasteiger partial charge < -0.3 is 29.3 Å². The van der Waals surface area contributed by atoms with Crippen molar-refractivity contribution in [2.75, 3.05) is 26.4 Å². The van der Waals surface area contributed by atoms with Gasteiger partial charge >= 0.3 is 27.6 Å². The van der Waals surface area contributed by atoms with Crippen molar-refractivity contribution in [3.05, 3.63) is 85.1 Å². The summed E-state index contributed by atoms with van der Waals surface area (Å²) in [5, 5.41) is 9.74. The van der Waals surface area contributed by atoms with Crippen LogP contribution in [0, 0.1) is 0 Å². The third kappa shape index (κ3) is 43.6. The molecule has 0 rings (SSSR count). The molecule has 0 saturated carbocycles. The normalized spacial score (nSPS) is 14.7. The number of aliphatic hydroxyl groups is 1. The molecular formula is C46H76O14P2. The summed E-state index contributed by atoms with van der Waals surface area (Å²) >= 11 is 0. The summed E-state index contributed by atoms with van der Waals surface area (Å²) in [6.07, 6.45) is 42.9. The Morgan fingerprint density at radius 1 is 0.516 bits per heavy atom. The Balaban J connectivity index is 4.73. The number of esters is 2. The molecule has 14 nitrogen and oxygen atoms in total. The second-order valence-electron chi connectivity index (χ2n) is 14.6. The topological polar surface area (TPSA) is 212 Å². The molecule has 354 valence electrons. The Morgan fingerprint density at radius 2 is 1.00 bits per heavy atom. The van der Waals surface area contributed by atoms with Crippen LogP contribution < -0.4 is 0 Å². The average molecular weight is 915 g/mol. The molecule has 1 unspecified atom stereocenters. The van der Waals surface area contributed by atoms with Crippen molar-refractivity contribution in [3.8, 4) is 0 Å². The molecule has 0 saturated heterocycles. The molecule has 4 N–H and O–H groups in total. The SMILES string of the molecule is CCCCCCCC/C=C\C/C=C\C/C=C\CCCC(=O)O[C@H](COC(=O)CCC/C=C\C/C=C\C/C=C\C=C\C(=O)CCCCC)COP(=O)(O)OC[C@@H](O)COP(=O)(O)O. The van der Waals surface area contributed by atoms with Gasteiger partial charge in [0, 0.05) is 19.3 Å². The number of hydrogen-bond acceptors (Lipinski definition) is 11. The minimum Gasteiger partial charge on any atom is -0.462 e. The molecule has 0 amide bonds. The molecular weight excluding hydrogens is 838 g/mol. The van der Waals surface area contributed by atoms with Crippen LogP contribution in [0.15, 0.2) is 85.1 Å². The Morgan fingerprint density at radius 3 is 1.60 bits per heavy atom. The summed E-state index contributed by atoms with van der Waals surface area (Å²) in [7, 11) is -9.74. The predicted octanol–water partition coefficient (Wildman–Crippen LogP) is 10.7. The number of allylic oxidation sites excluding steroid dienone is 14. The van der Waals surface area contributed by atoms with E-state index >= 15 is 0 Å². The summed E-state index contributed by atoms with van der Waals surface area (Å²) in [5.74, 6) is -1.06. The van der Waals surface area contributed by atoms with Crippen LogP contribution in [-0.4, -0.2) is 76.1 Å². The van der Waals surface area contributed by atoms with E-state index in [1.807, 2.05) is 48.6 Å². The van der Waals surface area contributed by atoms with E-state index in [4.69, 9.17) is 23.8 Å². The number of ketones is 1. The van der Waals surface area contributed by atoms with Gasteiger partial charge in [-0.3, -0.25) is 28.0 Å². The minimum atomic E-state index is -4.88. The molecule has 0 aromatic heterocycles. The zero-order valence-electron chi connectivity index (χ0n) is 37.2. The minimum absolute atomic E-state index is 0.0318. The van der Waals surface area contributed by atoms with E-state index in [0.717, 1.165) is 51.4 Å². The summed E-state index contributed by atoms with van der Waals surface area (Å²) in [5.41, 5.74) is 0. The highest BCUT2D eigenvalue weighted by molar-refractivity contribution is 7.47. The molecule has 0 radical (unpaired) electrons. The molecule has 0 aromatic carbocycles. The fourth-order valence-corrected chi connectivity index (χ4v) is 6.47. The molecule has 16 heteroatoms. The predicted molar refractivity (Wildman–Crippen MR) is 244 cm³/mol. The lowest BCUT2D eigenvalue weighted by atomic mass is 10.1. The fourth-order valence-electron chi connectivity index (χ4n) is 5.31. The highest BCUT2D eigenvalue weighted by Gasteiger charge is 2.28. The molecule has 3 atom stereocenters. The van der Waals surface area contributed by atoms with Gasteiger partial charge in [0.25, 0.3) is 0 Å². The van der Waals surface area contributed by atoms with Crippen molar-refractivity contribution in [3.63, 3.8) is 0 Å². The lowest BCUT2D eigenvalue weighted by Gasteiger charge is -2.20. The molecule has 0 spiro atoms. The van der Waals surface area contributed by atoms with Crippen molar-refractivity contribution < 1.29 is 66.3 Å². The monoisotopic (exact) mass is 914 g/mol. The van der Waals surface area contributed by atoms with E-state index in [9.17, 15) is 33.5 Å². The van der Waals surface area contributed by atoms with Gasteiger partial charge in [-0.1, -0.05) is 138 Å². The third-order valence-electron chi connectivity index (χ3n) is 8.72. The third-order valence-corrected chi connectivity index (χ3v) is 10.2. The van der Waals surface area contributed by atoms with Crippen LogP contribution in [0.25, 0.3) is 0 Å². The Kier molecular flexibility index (Phi) is 38.7. The first-order valence-corrected chi connectivity index (χ1v) is 25.3. The zero-order chi connectivity index (χ0) is 46.0. The molecule has 0 heterocycles. The first-order valence-electron chi connectivity index (χ1n) is 22.2. The number of unbranched alkanes of at least 4 members (excludes halogenated alkanes) is 10. The van der Waals surface area contributed by atoms with E-state index in [-0.39, 0.29) is 18.6 Å². The van der Waals surface area contributed by atoms with E-state index in [2.05, 4.69) is 47.2 Å². The first-order chi connectivity index (χ1) is 29.8. The number of rotatable bonds is 41. The number of hydrogen-bond donors (Lipinski definition) is 4.